The molecule has 138 valence electrons. The van der Waals surface area contributed by atoms with E-state index in [-0.39, 0.29) is 18.0 Å². The minimum atomic E-state index is -0.343. The molecule has 1 aromatic carbocycles. The number of allylic oxidation sites excluding steroid dienone is 2. The van der Waals surface area contributed by atoms with E-state index in [1.807, 2.05) is 6.07 Å². The van der Waals surface area contributed by atoms with E-state index in [9.17, 15) is 9.59 Å². The van der Waals surface area contributed by atoms with Gasteiger partial charge in [0.1, 0.15) is 11.5 Å². The molecule has 0 aliphatic heterocycles. The standard InChI is InChI=1S/C22H26O4/c1-3-25-21(24)13-26-15-5-7-16-14(12-15)4-6-18-17(16)10-11-22(2)19(18)8-9-20(22)23/h5-7,12,17,19H,3-4,8-11,13H2,1-2H3/t17-,19+,22+/m1/s1. The molecule has 0 aromatic heterocycles. The second-order valence-electron chi connectivity index (χ2n) is 7.89. The lowest BCUT2D eigenvalue weighted by Gasteiger charge is -2.43. The van der Waals surface area contributed by atoms with Crippen LogP contribution in [-0.4, -0.2) is 25.0 Å². The summed E-state index contributed by atoms with van der Waals surface area (Å²) < 4.78 is 10.5. The quantitative estimate of drug-likeness (QED) is 0.606. The van der Waals surface area contributed by atoms with Crippen molar-refractivity contribution in [2.24, 2.45) is 11.3 Å². The highest BCUT2D eigenvalue weighted by Crippen LogP contribution is 2.57. The fraction of sp³-hybridized carbons (Fsp3) is 0.545. The maximum Gasteiger partial charge on any atom is 0.344 e. The van der Waals surface area contributed by atoms with E-state index in [0.29, 0.717) is 30.0 Å². The van der Waals surface area contributed by atoms with Crippen LogP contribution in [0.2, 0.25) is 0 Å². The molecule has 4 heteroatoms. The van der Waals surface area contributed by atoms with E-state index in [4.69, 9.17) is 9.47 Å². The van der Waals surface area contributed by atoms with Crippen LogP contribution in [0.25, 0.3) is 0 Å². The summed E-state index contributed by atoms with van der Waals surface area (Å²) in [4.78, 5) is 23.9. The first-order valence-electron chi connectivity index (χ1n) is 9.67. The Hall–Kier alpha value is -2.10. The number of hydrogen-bond acceptors (Lipinski definition) is 4. The largest absolute Gasteiger partial charge is 0.482 e. The summed E-state index contributed by atoms with van der Waals surface area (Å²) in [6, 6.07) is 6.15. The average molecular weight is 354 g/mol. The molecular weight excluding hydrogens is 328 g/mol. The first-order chi connectivity index (χ1) is 12.5. The number of fused-ring (bicyclic) bond motifs is 5. The number of ether oxygens (including phenoxy) is 2. The van der Waals surface area contributed by atoms with Crippen LogP contribution < -0.4 is 4.74 Å². The predicted molar refractivity (Wildman–Crippen MR) is 98.2 cm³/mol. The molecule has 0 N–H and O–H groups in total. The molecule has 2 saturated carbocycles. The second kappa shape index (κ2) is 6.57. The maximum atomic E-state index is 12.4. The number of hydrogen-bond donors (Lipinski definition) is 0. The van der Waals surface area contributed by atoms with Gasteiger partial charge in [-0.1, -0.05) is 24.6 Å². The van der Waals surface area contributed by atoms with Crippen molar-refractivity contribution in [1.82, 2.24) is 0 Å². The summed E-state index contributed by atoms with van der Waals surface area (Å²) in [6.45, 7) is 4.27. The lowest BCUT2D eigenvalue weighted by Crippen LogP contribution is -2.37. The Morgan fingerprint density at radius 3 is 2.96 bits per heavy atom. The van der Waals surface area contributed by atoms with Crippen LogP contribution in [0.3, 0.4) is 0 Å². The lowest BCUT2D eigenvalue weighted by molar-refractivity contribution is -0.145. The molecule has 0 unspecified atom stereocenters. The lowest BCUT2D eigenvalue weighted by atomic mass is 9.60. The third-order valence-electron chi connectivity index (χ3n) is 6.53. The molecule has 26 heavy (non-hydrogen) atoms. The van der Waals surface area contributed by atoms with Crippen molar-refractivity contribution in [2.75, 3.05) is 13.2 Å². The number of benzene rings is 1. The van der Waals surface area contributed by atoms with E-state index in [1.165, 1.54) is 16.7 Å². The molecule has 4 nitrogen and oxygen atoms in total. The smallest absolute Gasteiger partial charge is 0.344 e. The van der Waals surface area contributed by atoms with Gasteiger partial charge in [-0.15, -0.1) is 0 Å². The number of esters is 1. The first kappa shape index (κ1) is 17.3. The van der Waals surface area contributed by atoms with E-state index in [2.05, 4.69) is 25.1 Å². The van der Waals surface area contributed by atoms with Crippen LogP contribution in [0, 0.1) is 11.3 Å². The third-order valence-corrected chi connectivity index (χ3v) is 6.53. The highest BCUT2D eigenvalue weighted by atomic mass is 16.6. The van der Waals surface area contributed by atoms with Crippen LogP contribution in [-0.2, 0) is 20.7 Å². The van der Waals surface area contributed by atoms with Gasteiger partial charge in [-0.3, -0.25) is 4.79 Å². The van der Waals surface area contributed by atoms with Crippen LogP contribution in [0.4, 0.5) is 0 Å². The van der Waals surface area contributed by atoms with Gasteiger partial charge < -0.3 is 9.47 Å². The number of rotatable bonds is 4. The molecule has 4 rings (SSSR count). The Bertz CT molecular complexity index is 778. The molecule has 1 aromatic rings. The number of ketones is 1. The van der Waals surface area contributed by atoms with Crippen molar-refractivity contribution in [1.29, 1.82) is 0 Å². The Morgan fingerprint density at radius 2 is 2.15 bits per heavy atom. The topological polar surface area (TPSA) is 52.6 Å². The Labute approximate surface area is 154 Å². The molecule has 3 aliphatic rings. The Balaban J connectivity index is 1.53. The summed E-state index contributed by atoms with van der Waals surface area (Å²) in [7, 11) is 0. The van der Waals surface area contributed by atoms with Crippen molar-refractivity contribution in [3.63, 3.8) is 0 Å². The van der Waals surface area contributed by atoms with Gasteiger partial charge in [0.05, 0.1) is 6.61 Å². The van der Waals surface area contributed by atoms with E-state index < -0.39 is 0 Å². The van der Waals surface area contributed by atoms with Gasteiger partial charge in [-0.05, 0) is 61.8 Å². The van der Waals surface area contributed by atoms with Crippen LogP contribution in [0.5, 0.6) is 5.75 Å². The summed E-state index contributed by atoms with van der Waals surface area (Å²) in [6.07, 6.45) is 6.99. The van der Waals surface area contributed by atoms with Crippen molar-refractivity contribution in [3.05, 3.63) is 41.0 Å². The van der Waals surface area contributed by atoms with Gasteiger partial charge in [0.25, 0.3) is 0 Å². The molecule has 0 bridgehead atoms. The van der Waals surface area contributed by atoms with E-state index in [1.54, 1.807) is 6.92 Å². The van der Waals surface area contributed by atoms with Gasteiger partial charge in [0, 0.05) is 17.8 Å². The molecule has 3 atom stereocenters. The van der Waals surface area contributed by atoms with Gasteiger partial charge in [-0.25, -0.2) is 4.79 Å². The maximum absolute atomic E-state index is 12.4. The fourth-order valence-corrected chi connectivity index (χ4v) is 5.16. The molecule has 0 amide bonds. The minimum Gasteiger partial charge on any atom is -0.482 e. The van der Waals surface area contributed by atoms with Crippen molar-refractivity contribution in [3.8, 4) is 5.75 Å². The highest BCUT2D eigenvalue weighted by Gasteiger charge is 2.52. The molecular formula is C22H26O4. The monoisotopic (exact) mass is 354 g/mol. The van der Waals surface area contributed by atoms with Crippen LogP contribution >= 0.6 is 0 Å². The number of carbonyl (C=O) groups excluding carboxylic acids is 2. The molecule has 0 radical (unpaired) electrons. The molecule has 0 heterocycles. The zero-order chi connectivity index (χ0) is 18.3. The van der Waals surface area contributed by atoms with Crippen LogP contribution in [0.1, 0.15) is 56.6 Å². The SMILES string of the molecule is CCOC(=O)COc1ccc2c(c1)CC=C1[C@@H]2CC[C@]2(C)C(=O)CC[C@@H]12. The van der Waals surface area contributed by atoms with Gasteiger partial charge in [0.15, 0.2) is 6.61 Å². The minimum absolute atomic E-state index is 0.0559. The van der Waals surface area contributed by atoms with Crippen molar-refractivity contribution < 1.29 is 19.1 Å². The fourth-order valence-electron chi connectivity index (χ4n) is 5.16. The number of carbonyl (C=O) groups is 2. The van der Waals surface area contributed by atoms with Crippen molar-refractivity contribution >= 4 is 11.8 Å². The summed E-state index contributed by atoms with van der Waals surface area (Å²) >= 11 is 0. The average Bonchev–Trinajstić information content (AvgIpc) is 2.95. The zero-order valence-corrected chi connectivity index (χ0v) is 15.5. The van der Waals surface area contributed by atoms with Gasteiger partial charge in [0.2, 0.25) is 0 Å². The number of Topliss-reactive ketones (excluding diaryl/α,β-unsaturated/α-hetero) is 1. The molecule has 2 fully saturated rings. The summed E-state index contributed by atoms with van der Waals surface area (Å²) in [5.41, 5.74) is 3.99. The molecule has 0 spiro atoms. The third kappa shape index (κ3) is 2.76. The van der Waals surface area contributed by atoms with Gasteiger partial charge in [-0.2, -0.15) is 0 Å². The first-order valence-corrected chi connectivity index (χ1v) is 9.67. The van der Waals surface area contributed by atoms with Crippen LogP contribution in [0.15, 0.2) is 29.8 Å². The zero-order valence-electron chi connectivity index (χ0n) is 15.5. The van der Waals surface area contributed by atoms with E-state index >= 15 is 0 Å². The highest BCUT2D eigenvalue weighted by molar-refractivity contribution is 5.88. The summed E-state index contributed by atoms with van der Waals surface area (Å²) in [5.74, 6) is 1.68. The Morgan fingerprint density at radius 1 is 1.31 bits per heavy atom. The normalized spacial score (nSPS) is 29.3. The second-order valence-corrected chi connectivity index (χ2v) is 7.89. The van der Waals surface area contributed by atoms with E-state index in [0.717, 1.165) is 32.1 Å². The Kier molecular flexibility index (Phi) is 4.37. The molecule has 0 saturated heterocycles. The summed E-state index contributed by atoms with van der Waals surface area (Å²) in [5, 5.41) is 0. The predicted octanol–water partition coefficient (Wildman–Crippen LogP) is 3.97. The van der Waals surface area contributed by atoms with Gasteiger partial charge >= 0.3 is 5.97 Å². The van der Waals surface area contributed by atoms with Crippen molar-refractivity contribution in [2.45, 2.75) is 51.9 Å². The molecule has 3 aliphatic carbocycles.